The SMILES string of the molecule is COc1cc([C@H](N)[C@H](O)C2CCC2)c(OC)cc1Br. The van der Waals surface area contributed by atoms with Crippen LogP contribution in [0.2, 0.25) is 0 Å². The van der Waals surface area contributed by atoms with Gasteiger partial charge in [-0.05, 0) is 46.8 Å². The third-order valence-corrected chi connectivity index (χ3v) is 4.48. The van der Waals surface area contributed by atoms with Crippen molar-refractivity contribution >= 4 is 15.9 Å². The molecule has 1 aliphatic rings. The maximum Gasteiger partial charge on any atom is 0.133 e. The molecule has 0 radical (unpaired) electrons. The Morgan fingerprint density at radius 2 is 1.89 bits per heavy atom. The number of benzene rings is 1. The molecule has 5 heteroatoms. The van der Waals surface area contributed by atoms with E-state index >= 15 is 0 Å². The molecule has 0 aliphatic heterocycles. The molecule has 1 saturated carbocycles. The van der Waals surface area contributed by atoms with Crippen molar-refractivity contribution in [2.45, 2.75) is 31.4 Å². The van der Waals surface area contributed by atoms with E-state index in [-0.39, 0.29) is 0 Å². The van der Waals surface area contributed by atoms with Gasteiger partial charge in [-0.3, -0.25) is 0 Å². The molecule has 0 heterocycles. The van der Waals surface area contributed by atoms with Gasteiger partial charge in [0.25, 0.3) is 0 Å². The summed E-state index contributed by atoms with van der Waals surface area (Å²) < 4.78 is 11.4. The van der Waals surface area contributed by atoms with Gasteiger partial charge >= 0.3 is 0 Å². The zero-order valence-corrected chi connectivity index (χ0v) is 12.8. The number of ether oxygens (including phenoxy) is 2. The van der Waals surface area contributed by atoms with E-state index in [2.05, 4.69) is 15.9 Å². The molecule has 1 aromatic carbocycles. The lowest BCUT2D eigenvalue weighted by atomic mass is 9.77. The molecular weight excluding hydrogens is 310 g/mol. The minimum absolute atomic E-state index is 0.300. The number of halogens is 1. The Morgan fingerprint density at radius 1 is 1.26 bits per heavy atom. The Bertz CT molecular complexity index is 449. The highest BCUT2D eigenvalue weighted by molar-refractivity contribution is 9.10. The zero-order valence-electron chi connectivity index (χ0n) is 11.2. The Labute approximate surface area is 122 Å². The molecule has 0 spiro atoms. The molecule has 1 aliphatic carbocycles. The van der Waals surface area contributed by atoms with E-state index in [1.807, 2.05) is 12.1 Å². The van der Waals surface area contributed by atoms with Crippen molar-refractivity contribution in [3.05, 3.63) is 22.2 Å². The van der Waals surface area contributed by atoms with Gasteiger partial charge in [0, 0.05) is 5.56 Å². The predicted octanol–water partition coefficient (Wildman–Crippen LogP) is 2.63. The predicted molar refractivity (Wildman–Crippen MR) is 77.5 cm³/mol. The van der Waals surface area contributed by atoms with Crippen molar-refractivity contribution in [1.29, 1.82) is 0 Å². The van der Waals surface area contributed by atoms with Gasteiger partial charge in [0.1, 0.15) is 11.5 Å². The second-order valence-electron chi connectivity index (χ2n) is 4.94. The van der Waals surface area contributed by atoms with Gasteiger partial charge in [-0.15, -0.1) is 0 Å². The summed E-state index contributed by atoms with van der Waals surface area (Å²) in [5.41, 5.74) is 6.98. The summed E-state index contributed by atoms with van der Waals surface area (Å²) in [5, 5.41) is 10.3. The number of aliphatic hydroxyl groups excluding tert-OH is 1. The highest BCUT2D eigenvalue weighted by Crippen LogP contribution is 2.40. The highest BCUT2D eigenvalue weighted by Gasteiger charge is 2.32. The van der Waals surface area contributed by atoms with Crippen molar-refractivity contribution in [2.75, 3.05) is 14.2 Å². The number of rotatable bonds is 5. The van der Waals surface area contributed by atoms with E-state index in [1.54, 1.807) is 14.2 Å². The average molecular weight is 330 g/mol. The van der Waals surface area contributed by atoms with Crippen molar-refractivity contribution in [3.63, 3.8) is 0 Å². The monoisotopic (exact) mass is 329 g/mol. The van der Waals surface area contributed by atoms with E-state index < -0.39 is 12.1 Å². The van der Waals surface area contributed by atoms with Crippen LogP contribution in [0.3, 0.4) is 0 Å². The third kappa shape index (κ3) is 2.88. The fourth-order valence-electron chi connectivity index (χ4n) is 2.40. The largest absolute Gasteiger partial charge is 0.496 e. The van der Waals surface area contributed by atoms with Crippen molar-refractivity contribution in [1.82, 2.24) is 0 Å². The summed E-state index contributed by atoms with van der Waals surface area (Å²) in [6.45, 7) is 0. The molecule has 3 N–H and O–H groups in total. The molecule has 1 aromatic rings. The third-order valence-electron chi connectivity index (χ3n) is 3.86. The first-order valence-electron chi connectivity index (χ1n) is 6.43. The number of hydrogen-bond acceptors (Lipinski definition) is 4. The second kappa shape index (κ2) is 6.11. The summed E-state index contributed by atoms with van der Waals surface area (Å²) in [6.07, 6.45) is 2.74. The minimum atomic E-state index is -0.534. The maximum atomic E-state index is 10.3. The standard InChI is InChI=1S/C14H20BrNO3/c1-18-11-7-10(15)12(19-2)6-9(11)13(16)14(17)8-4-3-5-8/h6-8,13-14,17H,3-5,16H2,1-2H3/t13-,14+/m0/s1. The molecule has 0 saturated heterocycles. The normalized spacial score (nSPS) is 18.6. The summed E-state index contributed by atoms with van der Waals surface area (Å²) in [4.78, 5) is 0. The Balaban J connectivity index is 2.30. The van der Waals surface area contributed by atoms with Gasteiger partial charge < -0.3 is 20.3 Å². The van der Waals surface area contributed by atoms with Gasteiger partial charge in [-0.2, -0.15) is 0 Å². The van der Waals surface area contributed by atoms with E-state index in [0.29, 0.717) is 17.4 Å². The fraction of sp³-hybridized carbons (Fsp3) is 0.571. The first-order valence-corrected chi connectivity index (χ1v) is 7.22. The average Bonchev–Trinajstić information content (AvgIpc) is 2.35. The van der Waals surface area contributed by atoms with Gasteiger partial charge in [-0.25, -0.2) is 0 Å². The summed E-state index contributed by atoms with van der Waals surface area (Å²) in [6, 6.07) is 3.19. The lowest BCUT2D eigenvalue weighted by Gasteiger charge is -2.34. The van der Waals surface area contributed by atoms with Crippen molar-refractivity contribution in [3.8, 4) is 11.5 Å². The van der Waals surface area contributed by atoms with Gasteiger partial charge in [0.05, 0.1) is 30.8 Å². The Kier molecular flexibility index (Phi) is 4.71. The summed E-state index contributed by atoms with van der Waals surface area (Å²) in [5.74, 6) is 1.65. The quantitative estimate of drug-likeness (QED) is 0.871. The van der Waals surface area contributed by atoms with Crippen LogP contribution in [0, 0.1) is 5.92 Å². The van der Waals surface area contributed by atoms with E-state index in [4.69, 9.17) is 15.2 Å². The molecule has 2 atom stereocenters. The lowest BCUT2D eigenvalue weighted by Crippen LogP contribution is -2.36. The van der Waals surface area contributed by atoms with Crippen molar-refractivity contribution < 1.29 is 14.6 Å². The second-order valence-corrected chi connectivity index (χ2v) is 5.79. The number of aliphatic hydroxyl groups is 1. The molecule has 106 valence electrons. The van der Waals surface area contributed by atoms with Crippen LogP contribution in [0.4, 0.5) is 0 Å². The number of nitrogens with two attached hydrogens (primary N) is 1. The van der Waals surface area contributed by atoms with Crippen LogP contribution in [0.25, 0.3) is 0 Å². The molecule has 0 aromatic heterocycles. The molecular formula is C14H20BrNO3. The zero-order chi connectivity index (χ0) is 14.0. The first kappa shape index (κ1) is 14.6. The molecule has 0 amide bonds. The molecule has 0 bridgehead atoms. The Hall–Kier alpha value is -0.780. The maximum absolute atomic E-state index is 10.3. The van der Waals surface area contributed by atoms with Crippen LogP contribution in [0.15, 0.2) is 16.6 Å². The number of methoxy groups -OCH3 is 2. The van der Waals surface area contributed by atoms with Gasteiger partial charge in [-0.1, -0.05) is 6.42 Å². The minimum Gasteiger partial charge on any atom is -0.496 e. The molecule has 1 fully saturated rings. The van der Waals surface area contributed by atoms with E-state index in [0.717, 1.165) is 22.9 Å². The van der Waals surface area contributed by atoms with Gasteiger partial charge in [0.2, 0.25) is 0 Å². The van der Waals surface area contributed by atoms with Crippen LogP contribution in [0.5, 0.6) is 11.5 Å². The van der Waals surface area contributed by atoms with Gasteiger partial charge in [0.15, 0.2) is 0 Å². The van der Waals surface area contributed by atoms with Crippen LogP contribution < -0.4 is 15.2 Å². The van der Waals surface area contributed by atoms with Crippen LogP contribution in [0.1, 0.15) is 30.9 Å². The fourth-order valence-corrected chi connectivity index (χ4v) is 2.89. The molecule has 2 rings (SSSR count). The first-order chi connectivity index (χ1) is 9.08. The van der Waals surface area contributed by atoms with E-state index in [9.17, 15) is 5.11 Å². The van der Waals surface area contributed by atoms with Crippen LogP contribution >= 0.6 is 15.9 Å². The van der Waals surface area contributed by atoms with Crippen LogP contribution in [-0.4, -0.2) is 25.4 Å². The molecule has 19 heavy (non-hydrogen) atoms. The van der Waals surface area contributed by atoms with Crippen LogP contribution in [-0.2, 0) is 0 Å². The number of hydrogen-bond donors (Lipinski definition) is 2. The van der Waals surface area contributed by atoms with E-state index in [1.165, 1.54) is 6.42 Å². The summed E-state index contributed by atoms with van der Waals surface area (Å²) >= 11 is 3.41. The summed E-state index contributed by atoms with van der Waals surface area (Å²) in [7, 11) is 3.20. The van der Waals surface area contributed by atoms with Crippen molar-refractivity contribution in [2.24, 2.45) is 11.7 Å². The topological polar surface area (TPSA) is 64.7 Å². The Morgan fingerprint density at radius 3 is 2.37 bits per heavy atom. The molecule has 4 nitrogen and oxygen atoms in total. The smallest absolute Gasteiger partial charge is 0.133 e. The lowest BCUT2D eigenvalue weighted by molar-refractivity contribution is 0.0407. The molecule has 0 unspecified atom stereocenters. The highest BCUT2D eigenvalue weighted by atomic mass is 79.9.